The molecule has 154 valence electrons. The molecule has 0 radical (unpaired) electrons. The number of hydrogen-bond acceptors (Lipinski definition) is 6. The van der Waals surface area contributed by atoms with Crippen molar-refractivity contribution in [3.8, 4) is 0 Å². The Bertz CT molecular complexity index is 1050. The fourth-order valence-corrected chi connectivity index (χ4v) is 3.52. The largest absolute Gasteiger partial charge is 0.456 e. The zero-order valence-electron chi connectivity index (χ0n) is 16.3. The monoisotopic (exact) mass is 418 g/mol. The fourth-order valence-electron chi connectivity index (χ4n) is 2.77. The van der Waals surface area contributed by atoms with Crippen LogP contribution in [0.25, 0.3) is 6.08 Å². The molecular formula is C20H22N2O6S. The van der Waals surface area contributed by atoms with Gasteiger partial charge in [-0.1, -0.05) is 30.3 Å². The minimum atomic E-state index is -3.84. The first-order valence-corrected chi connectivity index (χ1v) is 10.3. The number of sulfonamides is 1. The fraction of sp³-hybridized carbons (Fsp3) is 0.250. The maximum Gasteiger partial charge on any atom is 0.321 e. The number of ketones is 2. The highest BCUT2D eigenvalue weighted by Gasteiger charge is 2.21. The number of hydrogen-bond donors (Lipinski definition) is 2. The standard InChI is InChI=1S/C20H22N2O6S/c1-13-19(15(3)23)14(2)22-20(13)17(24)12-28-18(25)11-21-29(26,27)10-9-16-7-5-4-6-8-16/h4-10,21-22H,11-12H2,1-3H3/b10-9+. The van der Waals surface area contributed by atoms with E-state index in [1.165, 1.54) is 13.0 Å². The minimum absolute atomic E-state index is 0.176. The zero-order valence-corrected chi connectivity index (χ0v) is 17.1. The van der Waals surface area contributed by atoms with Crippen molar-refractivity contribution in [1.82, 2.24) is 9.71 Å². The van der Waals surface area contributed by atoms with Gasteiger partial charge in [0.25, 0.3) is 0 Å². The third-order valence-electron chi connectivity index (χ3n) is 4.09. The van der Waals surface area contributed by atoms with Gasteiger partial charge in [0.15, 0.2) is 12.4 Å². The van der Waals surface area contributed by atoms with Crippen LogP contribution in [0, 0.1) is 13.8 Å². The van der Waals surface area contributed by atoms with Gasteiger partial charge in [0.2, 0.25) is 15.8 Å². The lowest BCUT2D eigenvalue weighted by Crippen LogP contribution is -2.30. The van der Waals surface area contributed by atoms with E-state index in [0.29, 0.717) is 22.4 Å². The number of carbonyl (C=O) groups is 3. The van der Waals surface area contributed by atoms with Crippen LogP contribution in [-0.2, 0) is 19.6 Å². The second-order valence-corrected chi connectivity index (χ2v) is 8.00. The number of Topliss-reactive ketones (excluding diaryl/α,β-unsaturated/α-hetero) is 2. The summed E-state index contributed by atoms with van der Waals surface area (Å²) in [6.45, 7) is 3.51. The van der Waals surface area contributed by atoms with Gasteiger partial charge in [-0.3, -0.25) is 14.4 Å². The van der Waals surface area contributed by atoms with Crippen LogP contribution in [0.15, 0.2) is 35.7 Å². The average molecular weight is 418 g/mol. The van der Waals surface area contributed by atoms with Crippen LogP contribution in [0.4, 0.5) is 0 Å². The summed E-state index contributed by atoms with van der Waals surface area (Å²) in [6, 6.07) is 8.79. The SMILES string of the molecule is CC(=O)c1c(C)[nH]c(C(=O)COC(=O)CNS(=O)(=O)/C=C/c2ccccc2)c1C. The molecule has 0 atom stereocenters. The van der Waals surface area contributed by atoms with Gasteiger partial charge in [0.05, 0.1) is 5.69 Å². The summed E-state index contributed by atoms with van der Waals surface area (Å²) < 4.78 is 30.7. The number of carbonyl (C=O) groups excluding carboxylic acids is 3. The molecule has 0 spiro atoms. The molecule has 0 saturated heterocycles. The van der Waals surface area contributed by atoms with E-state index in [-0.39, 0.29) is 11.5 Å². The maximum absolute atomic E-state index is 12.2. The van der Waals surface area contributed by atoms with Gasteiger partial charge >= 0.3 is 5.97 Å². The minimum Gasteiger partial charge on any atom is -0.456 e. The van der Waals surface area contributed by atoms with E-state index in [2.05, 4.69) is 9.71 Å². The lowest BCUT2D eigenvalue weighted by atomic mass is 10.1. The zero-order chi connectivity index (χ0) is 21.6. The van der Waals surface area contributed by atoms with Gasteiger partial charge in [-0.15, -0.1) is 0 Å². The molecule has 0 aliphatic heterocycles. The number of aromatic nitrogens is 1. The Labute approximate surface area is 169 Å². The summed E-state index contributed by atoms with van der Waals surface area (Å²) in [4.78, 5) is 38.5. The Balaban J connectivity index is 1.88. The molecule has 0 unspecified atom stereocenters. The van der Waals surface area contributed by atoms with Gasteiger partial charge in [0, 0.05) is 16.7 Å². The molecule has 2 rings (SSSR count). The predicted octanol–water partition coefficient (Wildman–Crippen LogP) is 2.15. The number of rotatable bonds is 9. The number of nitrogens with one attached hydrogen (secondary N) is 2. The third kappa shape index (κ3) is 6.23. The first-order valence-electron chi connectivity index (χ1n) is 8.72. The van der Waals surface area contributed by atoms with Crippen LogP contribution in [0.5, 0.6) is 0 Å². The Morgan fingerprint density at radius 3 is 2.38 bits per heavy atom. The lowest BCUT2D eigenvalue weighted by Gasteiger charge is -2.05. The molecule has 9 heteroatoms. The summed E-state index contributed by atoms with van der Waals surface area (Å²) in [7, 11) is -3.84. The third-order valence-corrected chi connectivity index (χ3v) is 5.13. The number of aryl methyl sites for hydroxylation is 1. The molecule has 1 heterocycles. The van der Waals surface area contributed by atoms with E-state index in [1.54, 1.807) is 44.2 Å². The molecular weight excluding hydrogens is 396 g/mol. The van der Waals surface area contributed by atoms with Gasteiger partial charge in [-0.05, 0) is 38.0 Å². The van der Waals surface area contributed by atoms with Gasteiger partial charge < -0.3 is 9.72 Å². The first-order chi connectivity index (χ1) is 13.6. The Hall–Kier alpha value is -3.04. The summed E-state index contributed by atoms with van der Waals surface area (Å²) in [6.07, 6.45) is 1.39. The highest BCUT2D eigenvalue weighted by Crippen LogP contribution is 2.19. The van der Waals surface area contributed by atoms with E-state index >= 15 is 0 Å². The predicted molar refractivity (Wildman–Crippen MR) is 108 cm³/mol. The van der Waals surface area contributed by atoms with Crippen LogP contribution in [-0.4, -0.2) is 44.1 Å². The molecule has 2 aromatic rings. The van der Waals surface area contributed by atoms with Crippen molar-refractivity contribution >= 4 is 33.6 Å². The molecule has 0 amide bonds. The number of esters is 1. The molecule has 0 aliphatic rings. The average Bonchev–Trinajstić information content (AvgIpc) is 2.98. The Kier molecular flexibility index (Phi) is 7.24. The summed E-state index contributed by atoms with van der Waals surface area (Å²) in [5, 5.41) is 0.940. The highest BCUT2D eigenvalue weighted by molar-refractivity contribution is 7.92. The van der Waals surface area contributed by atoms with Crippen LogP contribution in [0.1, 0.15) is 44.6 Å². The summed E-state index contributed by atoms with van der Waals surface area (Å²) in [5.41, 5.74) is 2.35. The van der Waals surface area contributed by atoms with Gasteiger partial charge in [0.1, 0.15) is 6.54 Å². The quantitative estimate of drug-likeness (QED) is 0.475. The summed E-state index contributed by atoms with van der Waals surface area (Å²) in [5.74, 6) is -1.59. The normalized spacial score (nSPS) is 11.6. The number of H-pyrrole nitrogens is 1. The van der Waals surface area contributed by atoms with E-state index in [4.69, 9.17) is 4.74 Å². The second-order valence-electron chi connectivity index (χ2n) is 6.34. The van der Waals surface area contributed by atoms with Crippen molar-refractivity contribution in [3.63, 3.8) is 0 Å². The van der Waals surface area contributed by atoms with Crippen molar-refractivity contribution in [2.75, 3.05) is 13.2 Å². The topological polar surface area (TPSA) is 122 Å². The number of benzene rings is 1. The molecule has 29 heavy (non-hydrogen) atoms. The number of ether oxygens (including phenoxy) is 1. The Morgan fingerprint density at radius 1 is 1.14 bits per heavy atom. The first kappa shape index (κ1) is 22.3. The molecule has 0 saturated carbocycles. The van der Waals surface area contributed by atoms with Crippen LogP contribution < -0.4 is 4.72 Å². The molecule has 0 aliphatic carbocycles. The van der Waals surface area contributed by atoms with E-state index in [0.717, 1.165) is 5.41 Å². The van der Waals surface area contributed by atoms with Crippen LogP contribution in [0.2, 0.25) is 0 Å². The van der Waals surface area contributed by atoms with E-state index in [9.17, 15) is 22.8 Å². The van der Waals surface area contributed by atoms with Crippen LogP contribution in [0.3, 0.4) is 0 Å². The van der Waals surface area contributed by atoms with Gasteiger partial charge in [-0.2, -0.15) is 0 Å². The van der Waals surface area contributed by atoms with Crippen molar-refractivity contribution in [3.05, 3.63) is 63.8 Å². The lowest BCUT2D eigenvalue weighted by molar-refractivity contribution is -0.141. The van der Waals surface area contributed by atoms with Crippen molar-refractivity contribution < 1.29 is 27.5 Å². The maximum atomic E-state index is 12.2. The molecule has 8 nitrogen and oxygen atoms in total. The van der Waals surface area contributed by atoms with Crippen molar-refractivity contribution in [1.29, 1.82) is 0 Å². The molecule has 2 N–H and O–H groups in total. The molecule has 1 aromatic heterocycles. The van der Waals surface area contributed by atoms with E-state index < -0.39 is 34.9 Å². The highest BCUT2D eigenvalue weighted by atomic mass is 32.2. The smallest absolute Gasteiger partial charge is 0.321 e. The van der Waals surface area contributed by atoms with Gasteiger partial charge in [-0.25, -0.2) is 13.1 Å². The second kappa shape index (κ2) is 9.44. The van der Waals surface area contributed by atoms with E-state index in [1.807, 2.05) is 0 Å². The van der Waals surface area contributed by atoms with Crippen molar-refractivity contribution in [2.24, 2.45) is 0 Å². The molecule has 0 fully saturated rings. The number of aromatic amines is 1. The Morgan fingerprint density at radius 2 is 1.79 bits per heavy atom. The molecule has 1 aromatic carbocycles. The summed E-state index contributed by atoms with van der Waals surface area (Å²) >= 11 is 0. The van der Waals surface area contributed by atoms with Crippen molar-refractivity contribution in [2.45, 2.75) is 20.8 Å². The molecule has 0 bridgehead atoms. The van der Waals surface area contributed by atoms with Crippen LogP contribution >= 0.6 is 0 Å².